The van der Waals surface area contributed by atoms with E-state index in [1.165, 1.54) is 11.8 Å². The van der Waals surface area contributed by atoms with Gasteiger partial charge in [0.15, 0.2) is 0 Å². The third-order valence-corrected chi connectivity index (χ3v) is 7.05. The summed E-state index contributed by atoms with van der Waals surface area (Å²) in [5.74, 6) is 0.225. The minimum absolute atomic E-state index is 0. The third kappa shape index (κ3) is 5.19. The third-order valence-electron chi connectivity index (χ3n) is 5.94. The summed E-state index contributed by atoms with van der Waals surface area (Å²) in [6.45, 7) is 5.47. The molecule has 0 aromatic carbocycles. The molecular formula is C20H30Cl2N4O2S. The van der Waals surface area contributed by atoms with E-state index >= 15 is 0 Å². The van der Waals surface area contributed by atoms with Crippen molar-refractivity contribution in [2.75, 3.05) is 26.2 Å². The number of likely N-dealkylation sites (tertiary alicyclic amines) is 1. The van der Waals surface area contributed by atoms with Crippen molar-refractivity contribution in [3.8, 4) is 0 Å². The van der Waals surface area contributed by atoms with E-state index in [1.807, 2.05) is 24.0 Å². The van der Waals surface area contributed by atoms with Gasteiger partial charge in [0.2, 0.25) is 5.91 Å². The number of nitrogens with one attached hydrogen (secondary N) is 1. The number of halogens is 2. The van der Waals surface area contributed by atoms with E-state index in [-0.39, 0.29) is 47.9 Å². The number of nitrogens with zero attached hydrogens (tertiary/aromatic N) is 3. The first-order valence-electron chi connectivity index (χ1n) is 10.1. The largest absolute Gasteiger partial charge is 0.342 e. The predicted molar refractivity (Wildman–Crippen MR) is 120 cm³/mol. The maximum absolute atomic E-state index is 13.4. The average Bonchev–Trinajstić information content (AvgIpc) is 3.28. The number of aromatic nitrogens is 1. The van der Waals surface area contributed by atoms with Crippen LogP contribution >= 0.6 is 36.6 Å². The van der Waals surface area contributed by atoms with Crippen molar-refractivity contribution < 1.29 is 9.59 Å². The van der Waals surface area contributed by atoms with Gasteiger partial charge in [-0.15, -0.1) is 24.8 Å². The maximum atomic E-state index is 13.4. The maximum Gasteiger partial charge on any atom is 0.257 e. The summed E-state index contributed by atoms with van der Waals surface area (Å²) >= 11 is 1.42. The second-order valence-electron chi connectivity index (χ2n) is 7.74. The lowest BCUT2D eigenvalue weighted by Gasteiger charge is -2.28. The average molecular weight is 461 g/mol. The van der Waals surface area contributed by atoms with Crippen LogP contribution in [0.3, 0.4) is 0 Å². The predicted octanol–water partition coefficient (Wildman–Crippen LogP) is 2.99. The second kappa shape index (κ2) is 10.8. The first kappa shape index (κ1) is 24.3. The fourth-order valence-corrected chi connectivity index (χ4v) is 5.50. The standard InChI is InChI=1S/C20H28N4O2S.2ClH/c1-14(19(25)23-11-2-3-12-23)27-18-17(5-4-9-22-18)20(26)24-15-6-7-16(24)13-21-10-8-15;;/h4-5,9,14-16,21H,2-3,6-8,10-13H2,1H3;2*1H. The Labute approximate surface area is 189 Å². The monoisotopic (exact) mass is 460 g/mol. The van der Waals surface area contributed by atoms with Crippen molar-refractivity contribution in [3.05, 3.63) is 23.9 Å². The summed E-state index contributed by atoms with van der Waals surface area (Å²) < 4.78 is 0. The Hall–Kier alpha value is -1.02. The minimum Gasteiger partial charge on any atom is -0.342 e. The van der Waals surface area contributed by atoms with Crippen LogP contribution < -0.4 is 5.32 Å². The van der Waals surface area contributed by atoms with Crippen LogP contribution in [-0.2, 0) is 4.79 Å². The number of pyridine rings is 1. The van der Waals surface area contributed by atoms with Gasteiger partial charge in [-0.3, -0.25) is 9.59 Å². The highest BCUT2D eigenvalue weighted by Gasteiger charge is 2.39. The molecule has 3 unspecified atom stereocenters. The van der Waals surface area contributed by atoms with Crippen LogP contribution in [0.2, 0.25) is 0 Å². The lowest BCUT2D eigenvalue weighted by molar-refractivity contribution is -0.129. The zero-order valence-electron chi connectivity index (χ0n) is 16.7. The molecule has 0 radical (unpaired) electrons. The van der Waals surface area contributed by atoms with E-state index in [0.717, 1.165) is 58.3 Å². The number of rotatable bonds is 4. The highest BCUT2D eigenvalue weighted by molar-refractivity contribution is 8.00. The van der Waals surface area contributed by atoms with Crippen LogP contribution in [0.1, 0.15) is 49.4 Å². The molecule has 3 aliphatic rings. The summed E-state index contributed by atoms with van der Waals surface area (Å²) in [6, 6.07) is 4.27. The van der Waals surface area contributed by atoms with Gasteiger partial charge in [-0.05, 0) is 57.7 Å². The van der Waals surface area contributed by atoms with Crippen LogP contribution in [0.25, 0.3) is 0 Å². The molecule has 2 bridgehead atoms. The summed E-state index contributed by atoms with van der Waals surface area (Å²) in [7, 11) is 0. The Balaban J connectivity index is 0.00000150. The molecule has 9 heteroatoms. The van der Waals surface area contributed by atoms with Crippen LogP contribution in [0.15, 0.2) is 23.4 Å². The molecule has 3 atom stereocenters. The van der Waals surface area contributed by atoms with E-state index in [4.69, 9.17) is 0 Å². The number of thioether (sulfide) groups is 1. The molecule has 3 saturated heterocycles. The Morgan fingerprint density at radius 1 is 1.17 bits per heavy atom. The summed E-state index contributed by atoms with van der Waals surface area (Å²) in [6.07, 6.45) is 7.05. The van der Waals surface area contributed by atoms with Crippen molar-refractivity contribution >= 4 is 48.4 Å². The Morgan fingerprint density at radius 3 is 2.66 bits per heavy atom. The van der Waals surface area contributed by atoms with Crippen LogP contribution in [-0.4, -0.2) is 70.1 Å². The van der Waals surface area contributed by atoms with E-state index in [0.29, 0.717) is 16.6 Å². The van der Waals surface area contributed by atoms with Crippen LogP contribution in [0.5, 0.6) is 0 Å². The number of hydrogen-bond donors (Lipinski definition) is 1. The molecule has 0 saturated carbocycles. The number of carbonyl (C=O) groups excluding carboxylic acids is 2. The van der Waals surface area contributed by atoms with Crippen molar-refractivity contribution in [2.24, 2.45) is 0 Å². The number of amides is 2. The van der Waals surface area contributed by atoms with Crippen LogP contribution in [0.4, 0.5) is 0 Å². The molecule has 3 aliphatic heterocycles. The van der Waals surface area contributed by atoms with Gasteiger partial charge in [0.25, 0.3) is 5.91 Å². The SMILES string of the molecule is CC(Sc1ncccc1C(=O)N1C2CCNCC1CC2)C(=O)N1CCCC1.Cl.Cl. The van der Waals surface area contributed by atoms with Crippen molar-refractivity contribution in [2.45, 2.75) is 61.4 Å². The highest BCUT2D eigenvalue weighted by Crippen LogP contribution is 2.33. The van der Waals surface area contributed by atoms with Gasteiger partial charge in [-0.2, -0.15) is 0 Å². The molecule has 1 aromatic heterocycles. The van der Waals surface area contributed by atoms with Gasteiger partial charge < -0.3 is 15.1 Å². The first-order valence-corrected chi connectivity index (χ1v) is 11.0. The van der Waals surface area contributed by atoms with Crippen LogP contribution in [0, 0.1) is 0 Å². The summed E-state index contributed by atoms with van der Waals surface area (Å²) in [5, 5.41) is 3.89. The number of carbonyl (C=O) groups is 2. The number of hydrogen-bond acceptors (Lipinski definition) is 5. The normalized spacial score (nSPS) is 24.3. The Bertz CT molecular complexity index is 703. The zero-order valence-corrected chi connectivity index (χ0v) is 19.2. The molecule has 4 heterocycles. The molecular weight excluding hydrogens is 431 g/mol. The molecule has 162 valence electrons. The van der Waals surface area contributed by atoms with Crippen molar-refractivity contribution in [1.82, 2.24) is 20.1 Å². The van der Waals surface area contributed by atoms with E-state index < -0.39 is 0 Å². The van der Waals surface area contributed by atoms with Gasteiger partial charge in [-0.1, -0.05) is 11.8 Å². The summed E-state index contributed by atoms with van der Waals surface area (Å²) in [4.78, 5) is 34.5. The van der Waals surface area contributed by atoms with Crippen molar-refractivity contribution in [1.29, 1.82) is 0 Å². The van der Waals surface area contributed by atoms with Gasteiger partial charge in [0, 0.05) is 37.9 Å². The van der Waals surface area contributed by atoms with Crippen molar-refractivity contribution in [3.63, 3.8) is 0 Å². The topological polar surface area (TPSA) is 65.5 Å². The highest BCUT2D eigenvalue weighted by atomic mass is 35.5. The van der Waals surface area contributed by atoms with E-state index in [1.54, 1.807) is 6.20 Å². The molecule has 3 fully saturated rings. The smallest absolute Gasteiger partial charge is 0.257 e. The second-order valence-corrected chi connectivity index (χ2v) is 9.07. The molecule has 6 nitrogen and oxygen atoms in total. The molecule has 1 N–H and O–H groups in total. The number of fused-ring (bicyclic) bond motifs is 2. The van der Waals surface area contributed by atoms with E-state index in [2.05, 4.69) is 15.2 Å². The van der Waals surface area contributed by atoms with E-state index in [9.17, 15) is 9.59 Å². The summed E-state index contributed by atoms with van der Waals surface area (Å²) in [5.41, 5.74) is 0.641. The minimum atomic E-state index is -0.230. The van der Waals surface area contributed by atoms with Gasteiger partial charge >= 0.3 is 0 Å². The molecule has 4 rings (SSSR count). The lowest BCUT2D eigenvalue weighted by atomic mass is 10.1. The molecule has 1 aromatic rings. The quantitative estimate of drug-likeness (QED) is 0.699. The fourth-order valence-electron chi connectivity index (χ4n) is 4.51. The molecule has 0 spiro atoms. The first-order chi connectivity index (χ1) is 13.1. The zero-order chi connectivity index (χ0) is 18.8. The Kier molecular flexibility index (Phi) is 9.07. The fraction of sp³-hybridized carbons (Fsp3) is 0.650. The molecule has 0 aliphatic carbocycles. The van der Waals surface area contributed by atoms with Gasteiger partial charge in [0.05, 0.1) is 10.8 Å². The molecule has 2 amide bonds. The Morgan fingerprint density at radius 2 is 1.90 bits per heavy atom. The van der Waals surface area contributed by atoms with Gasteiger partial charge in [-0.25, -0.2) is 4.98 Å². The lowest BCUT2D eigenvalue weighted by Crippen LogP contribution is -2.42. The van der Waals surface area contributed by atoms with Gasteiger partial charge in [0.1, 0.15) is 5.03 Å². The molecule has 29 heavy (non-hydrogen) atoms.